The van der Waals surface area contributed by atoms with Gasteiger partial charge in [-0.3, -0.25) is 0 Å². The van der Waals surface area contributed by atoms with E-state index < -0.39 is 5.82 Å². The minimum Gasteiger partial charge on any atom is -0.479 e. The van der Waals surface area contributed by atoms with Gasteiger partial charge < -0.3 is 10.5 Å². The smallest absolute Gasteiger partial charge is 0.250 e. The van der Waals surface area contributed by atoms with E-state index in [-0.39, 0.29) is 5.88 Å². The van der Waals surface area contributed by atoms with Crippen LogP contribution >= 0.6 is 0 Å². The third kappa shape index (κ3) is 1.92. The fourth-order valence-corrected chi connectivity index (χ4v) is 0.892. The quantitative estimate of drug-likeness (QED) is 0.727. The fourth-order valence-electron chi connectivity index (χ4n) is 0.892. The molecule has 0 aromatic carbocycles. The SMILES string of the molecule is COc1nc(CCN)ccc1F. The van der Waals surface area contributed by atoms with E-state index in [4.69, 9.17) is 10.5 Å². The zero-order valence-electron chi connectivity index (χ0n) is 6.88. The van der Waals surface area contributed by atoms with Crippen molar-refractivity contribution in [1.82, 2.24) is 4.98 Å². The molecular formula is C8H11FN2O. The Bertz CT molecular complexity index is 265. The molecular weight excluding hydrogens is 159 g/mol. The third-order valence-electron chi connectivity index (χ3n) is 1.47. The Morgan fingerprint density at radius 1 is 1.58 bits per heavy atom. The number of nitrogens with zero attached hydrogens (tertiary/aromatic N) is 1. The molecule has 3 nitrogen and oxygen atoms in total. The van der Waals surface area contributed by atoms with Crippen LogP contribution in [0.25, 0.3) is 0 Å². The van der Waals surface area contributed by atoms with Crippen molar-refractivity contribution < 1.29 is 9.13 Å². The Kier molecular flexibility index (Phi) is 2.99. The molecule has 4 heteroatoms. The first-order valence-corrected chi connectivity index (χ1v) is 3.67. The number of nitrogens with two attached hydrogens (primary N) is 1. The predicted octanol–water partition coefficient (Wildman–Crippen LogP) is 0.730. The lowest BCUT2D eigenvalue weighted by atomic mass is 10.3. The Morgan fingerprint density at radius 2 is 2.33 bits per heavy atom. The highest BCUT2D eigenvalue weighted by Gasteiger charge is 2.03. The third-order valence-corrected chi connectivity index (χ3v) is 1.47. The number of hydrogen-bond acceptors (Lipinski definition) is 3. The molecule has 0 fully saturated rings. The minimum atomic E-state index is -0.446. The Labute approximate surface area is 70.4 Å². The lowest BCUT2D eigenvalue weighted by molar-refractivity contribution is 0.367. The van der Waals surface area contributed by atoms with E-state index in [0.29, 0.717) is 13.0 Å². The summed E-state index contributed by atoms with van der Waals surface area (Å²) in [5, 5.41) is 0. The molecule has 0 spiro atoms. The standard InChI is InChI=1S/C8H11FN2O/c1-12-8-7(9)3-2-6(11-8)4-5-10/h2-3H,4-5,10H2,1H3. The van der Waals surface area contributed by atoms with Gasteiger partial charge in [0.15, 0.2) is 5.82 Å². The molecule has 0 atom stereocenters. The molecule has 1 aromatic rings. The number of ether oxygens (including phenoxy) is 1. The van der Waals surface area contributed by atoms with Crippen LogP contribution in [-0.4, -0.2) is 18.6 Å². The van der Waals surface area contributed by atoms with Crippen LogP contribution in [0.15, 0.2) is 12.1 Å². The molecule has 0 aliphatic carbocycles. The summed E-state index contributed by atoms with van der Waals surface area (Å²) >= 11 is 0. The highest BCUT2D eigenvalue weighted by atomic mass is 19.1. The first-order valence-electron chi connectivity index (χ1n) is 3.67. The van der Waals surface area contributed by atoms with Crippen LogP contribution in [0.5, 0.6) is 5.88 Å². The van der Waals surface area contributed by atoms with Gasteiger partial charge in [0, 0.05) is 12.1 Å². The van der Waals surface area contributed by atoms with E-state index >= 15 is 0 Å². The van der Waals surface area contributed by atoms with Crippen molar-refractivity contribution in [3.05, 3.63) is 23.6 Å². The fraction of sp³-hybridized carbons (Fsp3) is 0.375. The van der Waals surface area contributed by atoms with E-state index in [2.05, 4.69) is 4.98 Å². The second-order valence-corrected chi connectivity index (χ2v) is 2.33. The van der Waals surface area contributed by atoms with Gasteiger partial charge in [0.1, 0.15) is 0 Å². The number of hydrogen-bond donors (Lipinski definition) is 1. The largest absolute Gasteiger partial charge is 0.479 e. The van der Waals surface area contributed by atoms with Crippen LogP contribution in [0.4, 0.5) is 4.39 Å². The van der Waals surface area contributed by atoms with Crippen molar-refractivity contribution in [2.24, 2.45) is 5.73 Å². The molecule has 0 unspecified atom stereocenters. The molecule has 0 aliphatic heterocycles. The minimum absolute atomic E-state index is 0.0287. The highest BCUT2D eigenvalue weighted by molar-refractivity contribution is 5.18. The number of methoxy groups -OCH3 is 1. The second kappa shape index (κ2) is 4.01. The van der Waals surface area contributed by atoms with Gasteiger partial charge in [-0.15, -0.1) is 0 Å². The molecule has 66 valence electrons. The number of rotatable bonds is 3. The van der Waals surface area contributed by atoms with E-state index in [9.17, 15) is 4.39 Å². The molecule has 1 rings (SSSR count). The Morgan fingerprint density at radius 3 is 2.92 bits per heavy atom. The maximum Gasteiger partial charge on any atom is 0.250 e. The number of pyridine rings is 1. The molecule has 2 N–H and O–H groups in total. The van der Waals surface area contributed by atoms with Crippen LogP contribution in [0.2, 0.25) is 0 Å². The summed E-state index contributed by atoms with van der Waals surface area (Å²) in [6, 6.07) is 2.93. The molecule has 12 heavy (non-hydrogen) atoms. The van der Waals surface area contributed by atoms with Gasteiger partial charge in [0.05, 0.1) is 7.11 Å². The first kappa shape index (κ1) is 8.93. The second-order valence-electron chi connectivity index (χ2n) is 2.33. The summed E-state index contributed by atoms with van der Waals surface area (Å²) in [6.07, 6.45) is 0.636. The summed E-state index contributed by atoms with van der Waals surface area (Å²) in [5.41, 5.74) is 6.06. The van der Waals surface area contributed by atoms with E-state index in [1.807, 2.05) is 0 Å². The van der Waals surface area contributed by atoms with Crippen molar-refractivity contribution >= 4 is 0 Å². The maximum absolute atomic E-state index is 12.8. The van der Waals surface area contributed by atoms with Crippen LogP contribution < -0.4 is 10.5 Å². The first-order chi connectivity index (χ1) is 5.77. The van der Waals surface area contributed by atoms with Gasteiger partial charge in [0.2, 0.25) is 5.88 Å². The zero-order chi connectivity index (χ0) is 8.97. The Hall–Kier alpha value is -1.16. The van der Waals surface area contributed by atoms with Crippen LogP contribution in [0.1, 0.15) is 5.69 Å². The number of aromatic nitrogens is 1. The average molecular weight is 170 g/mol. The zero-order valence-corrected chi connectivity index (χ0v) is 6.88. The van der Waals surface area contributed by atoms with Gasteiger partial charge in [-0.1, -0.05) is 0 Å². The van der Waals surface area contributed by atoms with Crippen molar-refractivity contribution in [3.63, 3.8) is 0 Å². The summed E-state index contributed by atoms with van der Waals surface area (Å²) in [5.74, 6) is -0.417. The predicted molar refractivity (Wildman–Crippen MR) is 43.5 cm³/mol. The van der Waals surface area contributed by atoms with Gasteiger partial charge in [-0.25, -0.2) is 9.37 Å². The summed E-state index contributed by atoms with van der Waals surface area (Å²) in [7, 11) is 1.39. The summed E-state index contributed by atoms with van der Waals surface area (Å²) in [6.45, 7) is 0.502. The summed E-state index contributed by atoms with van der Waals surface area (Å²) < 4.78 is 17.5. The molecule has 0 radical (unpaired) electrons. The number of halogens is 1. The van der Waals surface area contributed by atoms with Crippen LogP contribution in [0, 0.1) is 5.82 Å². The topological polar surface area (TPSA) is 48.1 Å². The monoisotopic (exact) mass is 170 g/mol. The lowest BCUT2D eigenvalue weighted by Gasteiger charge is -2.02. The van der Waals surface area contributed by atoms with E-state index in [0.717, 1.165) is 5.69 Å². The van der Waals surface area contributed by atoms with Gasteiger partial charge in [-0.05, 0) is 18.7 Å². The van der Waals surface area contributed by atoms with Crippen molar-refractivity contribution in [1.29, 1.82) is 0 Å². The van der Waals surface area contributed by atoms with Gasteiger partial charge in [-0.2, -0.15) is 0 Å². The van der Waals surface area contributed by atoms with Crippen LogP contribution in [-0.2, 0) is 6.42 Å². The Balaban J connectivity index is 2.89. The molecule has 1 heterocycles. The van der Waals surface area contributed by atoms with Crippen LogP contribution in [0.3, 0.4) is 0 Å². The molecule has 0 amide bonds. The van der Waals surface area contributed by atoms with Crippen molar-refractivity contribution in [2.45, 2.75) is 6.42 Å². The molecule has 1 aromatic heterocycles. The van der Waals surface area contributed by atoms with Gasteiger partial charge >= 0.3 is 0 Å². The van der Waals surface area contributed by atoms with Crippen molar-refractivity contribution in [3.8, 4) is 5.88 Å². The van der Waals surface area contributed by atoms with Crippen molar-refractivity contribution in [2.75, 3.05) is 13.7 Å². The average Bonchev–Trinajstić information content (AvgIpc) is 2.09. The molecule has 0 aliphatic rings. The summed E-state index contributed by atoms with van der Waals surface area (Å²) in [4.78, 5) is 3.90. The molecule has 0 bridgehead atoms. The normalized spacial score (nSPS) is 9.92. The molecule has 0 saturated heterocycles. The maximum atomic E-state index is 12.8. The van der Waals surface area contributed by atoms with Gasteiger partial charge in [0.25, 0.3) is 0 Å². The van der Waals surface area contributed by atoms with E-state index in [1.165, 1.54) is 13.2 Å². The highest BCUT2D eigenvalue weighted by Crippen LogP contribution is 2.13. The lowest BCUT2D eigenvalue weighted by Crippen LogP contribution is -2.05. The molecule has 0 saturated carbocycles. The van der Waals surface area contributed by atoms with E-state index in [1.54, 1.807) is 6.07 Å².